The van der Waals surface area contributed by atoms with Crippen molar-refractivity contribution in [3.05, 3.63) is 0 Å². The number of aliphatic hydroxyl groups excluding tert-OH is 1. The van der Waals surface area contributed by atoms with Gasteiger partial charge in [-0.25, -0.2) is 0 Å². The number of unbranched alkanes of at least 4 members (excludes halogenated alkanes) is 13. The van der Waals surface area contributed by atoms with Crippen LogP contribution >= 0.6 is 7.82 Å². The van der Waals surface area contributed by atoms with Gasteiger partial charge in [0.2, 0.25) is 0 Å². The number of carbonyl (C=O) groups is 1. The largest absolute Gasteiger partial charge is 0.756 e. The molecule has 43 heavy (non-hydrogen) atoms. The number of nitrogens with zero attached hydrogens (tertiary/aromatic N) is 1. The minimum Gasteiger partial charge on any atom is -0.756 e. The SMILES string of the molecule is CCCCCCC(C)CCCCCCCCCCCCC(O)[C@H](COP(=O)([O-])OCC[N+](C)(C)C)OCCCCC(=O)O. The van der Waals surface area contributed by atoms with E-state index in [4.69, 9.17) is 18.9 Å². The number of quaternary nitrogens is 1. The highest BCUT2D eigenvalue weighted by Crippen LogP contribution is 2.38. The van der Waals surface area contributed by atoms with Crippen LogP contribution in [0.4, 0.5) is 0 Å². The Bertz CT molecular complexity index is 703. The zero-order valence-corrected chi connectivity index (χ0v) is 29.3. The van der Waals surface area contributed by atoms with Gasteiger partial charge in [0.15, 0.2) is 0 Å². The van der Waals surface area contributed by atoms with Crippen molar-refractivity contribution in [2.24, 2.45) is 5.92 Å². The van der Waals surface area contributed by atoms with Gasteiger partial charge in [0, 0.05) is 13.0 Å². The summed E-state index contributed by atoms with van der Waals surface area (Å²) in [6.45, 7) is 5.08. The molecular formula is C33H68NO8P. The van der Waals surface area contributed by atoms with Crippen LogP contribution in [0, 0.1) is 5.92 Å². The molecule has 0 aliphatic rings. The van der Waals surface area contributed by atoms with Gasteiger partial charge in [0.05, 0.1) is 33.9 Å². The quantitative estimate of drug-likeness (QED) is 0.0442. The minimum absolute atomic E-state index is 0.00603. The van der Waals surface area contributed by atoms with Crippen molar-refractivity contribution in [1.29, 1.82) is 0 Å². The molecule has 4 atom stereocenters. The maximum atomic E-state index is 12.2. The number of likely N-dealkylation sites (N-methyl/N-ethyl adjacent to an activating group) is 1. The number of hydrogen-bond acceptors (Lipinski definition) is 7. The molecule has 2 N–H and O–H groups in total. The average Bonchev–Trinajstić information content (AvgIpc) is 2.92. The van der Waals surface area contributed by atoms with Crippen LogP contribution in [0.1, 0.15) is 142 Å². The van der Waals surface area contributed by atoms with E-state index in [1.807, 2.05) is 21.1 Å². The summed E-state index contributed by atoms with van der Waals surface area (Å²) in [6, 6.07) is 0. The summed E-state index contributed by atoms with van der Waals surface area (Å²) in [7, 11) is 1.28. The maximum absolute atomic E-state index is 12.2. The molecule has 0 bridgehead atoms. The normalized spacial score (nSPS) is 15.7. The van der Waals surface area contributed by atoms with E-state index in [-0.39, 0.29) is 26.2 Å². The van der Waals surface area contributed by atoms with Gasteiger partial charge in [-0.15, -0.1) is 0 Å². The van der Waals surface area contributed by atoms with Gasteiger partial charge in [0.1, 0.15) is 19.3 Å². The third kappa shape index (κ3) is 29.9. The second-order valence-corrected chi connectivity index (χ2v) is 14.9. The summed E-state index contributed by atoms with van der Waals surface area (Å²) in [5.74, 6) is 0.00511. The molecule has 0 radical (unpaired) electrons. The van der Waals surface area contributed by atoms with E-state index in [9.17, 15) is 19.4 Å². The van der Waals surface area contributed by atoms with Crippen LogP contribution in [0.3, 0.4) is 0 Å². The Labute approximate surface area is 264 Å². The number of aliphatic hydroxyl groups is 1. The van der Waals surface area contributed by atoms with Crippen LogP contribution in [0.25, 0.3) is 0 Å². The van der Waals surface area contributed by atoms with E-state index in [0.717, 1.165) is 25.2 Å². The van der Waals surface area contributed by atoms with E-state index in [1.165, 1.54) is 83.5 Å². The fraction of sp³-hybridized carbons (Fsp3) is 0.970. The van der Waals surface area contributed by atoms with E-state index in [2.05, 4.69) is 13.8 Å². The zero-order valence-electron chi connectivity index (χ0n) is 28.4. The second-order valence-electron chi connectivity index (χ2n) is 13.5. The number of phosphoric ester groups is 1. The molecule has 0 aliphatic carbocycles. The Kier molecular flexibility index (Phi) is 26.3. The summed E-state index contributed by atoms with van der Waals surface area (Å²) in [5.41, 5.74) is 0. The summed E-state index contributed by atoms with van der Waals surface area (Å²) in [5, 5.41) is 19.5. The topological polar surface area (TPSA) is 125 Å². The monoisotopic (exact) mass is 637 g/mol. The minimum atomic E-state index is -4.53. The maximum Gasteiger partial charge on any atom is 0.303 e. The third-order valence-corrected chi connectivity index (χ3v) is 8.92. The van der Waals surface area contributed by atoms with E-state index in [1.54, 1.807) is 0 Å². The molecule has 0 aromatic rings. The summed E-state index contributed by atoms with van der Waals surface area (Å²) < 4.78 is 28.5. The van der Waals surface area contributed by atoms with Gasteiger partial charge in [-0.1, -0.05) is 117 Å². The highest BCUT2D eigenvalue weighted by atomic mass is 31.2. The van der Waals surface area contributed by atoms with Crippen LogP contribution in [0.15, 0.2) is 0 Å². The first-order chi connectivity index (χ1) is 20.4. The van der Waals surface area contributed by atoms with Gasteiger partial charge >= 0.3 is 5.97 Å². The summed E-state index contributed by atoms with van der Waals surface area (Å²) in [6.07, 6.45) is 20.1. The number of ether oxygens (including phenoxy) is 1. The molecule has 9 nitrogen and oxygen atoms in total. The van der Waals surface area contributed by atoms with Gasteiger partial charge in [-0.05, 0) is 25.2 Å². The van der Waals surface area contributed by atoms with Crippen molar-refractivity contribution in [3.63, 3.8) is 0 Å². The Hall–Kier alpha value is -0.540. The van der Waals surface area contributed by atoms with Crippen molar-refractivity contribution < 1.29 is 42.7 Å². The predicted octanol–water partition coefficient (Wildman–Crippen LogP) is 7.48. The van der Waals surface area contributed by atoms with Crippen molar-refractivity contribution in [2.45, 2.75) is 154 Å². The molecule has 0 aromatic carbocycles. The molecule has 0 aromatic heterocycles. The number of aliphatic carboxylic acids is 1. The molecule has 0 saturated heterocycles. The Morgan fingerprint density at radius 3 is 1.79 bits per heavy atom. The van der Waals surface area contributed by atoms with Crippen molar-refractivity contribution >= 4 is 13.8 Å². The fourth-order valence-corrected chi connectivity index (χ4v) is 5.73. The molecule has 0 saturated carbocycles. The molecule has 0 aliphatic heterocycles. The number of rotatable bonds is 32. The van der Waals surface area contributed by atoms with Crippen LogP contribution in [-0.4, -0.2) is 80.4 Å². The fourth-order valence-electron chi connectivity index (χ4n) is 5.02. The lowest BCUT2D eigenvalue weighted by molar-refractivity contribution is -0.870. The number of carboxylic acid groups (broad SMARTS) is 1. The first-order valence-electron chi connectivity index (χ1n) is 17.3. The molecule has 0 amide bonds. The lowest BCUT2D eigenvalue weighted by Gasteiger charge is -2.29. The predicted molar refractivity (Wildman–Crippen MR) is 173 cm³/mol. The third-order valence-electron chi connectivity index (χ3n) is 7.95. The second kappa shape index (κ2) is 26.7. The van der Waals surface area contributed by atoms with Crippen LogP contribution < -0.4 is 4.89 Å². The molecule has 0 rings (SSSR count). The van der Waals surface area contributed by atoms with Crippen LogP contribution in [-0.2, 0) is 23.1 Å². The zero-order chi connectivity index (χ0) is 32.4. The first-order valence-corrected chi connectivity index (χ1v) is 18.7. The smallest absolute Gasteiger partial charge is 0.303 e. The van der Waals surface area contributed by atoms with Gasteiger partial charge in [-0.2, -0.15) is 0 Å². The summed E-state index contributed by atoms with van der Waals surface area (Å²) >= 11 is 0. The standard InChI is InChI=1S/C33H68NO8P/c1-6-7-8-17-22-30(2)23-18-15-13-11-9-10-12-14-16-19-24-31(35)32(40-27-21-20-25-33(36)37)29-42-43(38,39)41-28-26-34(3,4)5/h30-32,35H,6-29H2,1-5H3,(H-,36,37,38,39)/t30?,31?,32-/m0/s1. The lowest BCUT2D eigenvalue weighted by atomic mass is 9.96. The molecule has 0 heterocycles. The van der Waals surface area contributed by atoms with E-state index in [0.29, 0.717) is 30.3 Å². The van der Waals surface area contributed by atoms with Crippen LogP contribution in [0.5, 0.6) is 0 Å². The van der Waals surface area contributed by atoms with Crippen molar-refractivity contribution in [2.75, 3.05) is 47.5 Å². The van der Waals surface area contributed by atoms with Gasteiger partial charge in [0.25, 0.3) is 7.82 Å². The molecule has 0 fully saturated rings. The molecule has 3 unspecified atom stereocenters. The van der Waals surface area contributed by atoms with Crippen LogP contribution in [0.2, 0.25) is 0 Å². The average molecular weight is 638 g/mol. The van der Waals surface area contributed by atoms with Crippen molar-refractivity contribution in [3.8, 4) is 0 Å². The highest BCUT2D eigenvalue weighted by Gasteiger charge is 2.23. The van der Waals surface area contributed by atoms with E-state index >= 15 is 0 Å². The molecule has 0 spiro atoms. The molecule has 10 heteroatoms. The highest BCUT2D eigenvalue weighted by molar-refractivity contribution is 7.45. The van der Waals surface area contributed by atoms with Crippen molar-refractivity contribution in [1.82, 2.24) is 0 Å². The Morgan fingerprint density at radius 2 is 1.28 bits per heavy atom. The van der Waals surface area contributed by atoms with E-state index < -0.39 is 26.0 Å². The number of phosphoric acid groups is 1. The lowest BCUT2D eigenvalue weighted by Crippen LogP contribution is -2.38. The summed E-state index contributed by atoms with van der Waals surface area (Å²) in [4.78, 5) is 22.9. The Morgan fingerprint density at radius 1 is 0.767 bits per heavy atom. The molecule has 258 valence electrons. The number of hydrogen-bond donors (Lipinski definition) is 2. The van der Waals surface area contributed by atoms with Gasteiger partial charge < -0.3 is 33.4 Å². The Balaban J connectivity index is 4.15. The molecular weight excluding hydrogens is 569 g/mol. The number of carboxylic acids is 1. The van der Waals surface area contributed by atoms with Gasteiger partial charge in [-0.3, -0.25) is 9.36 Å². The first kappa shape index (κ1) is 42.5.